The van der Waals surface area contributed by atoms with Crippen LogP contribution < -0.4 is 5.32 Å². The van der Waals surface area contributed by atoms with Crippen molar-refractivity contribution in [3.63, 3.8) is 0 Å². The van der Waals surface area contributed by atoms with Crippen molar-refractivity contribution in [2.24, 2.45) is 0 Å². The normalized spacial score (nSPS) is 12.2. The fourth-order valence-corrected chi connectivity index (χ4v) is 4.12. The van der Waals surface area contributed by atoms with Gasteiger partial charge in [-0.05, 0) is 31.5 Å². The smallest absolute Gasteiger partial charge is 0.324 e. The molecule has 0 atom stereocenters. The third-order valence-corrected chi connectivity index (χ3v) is 5.63. The van der Waals surface area contributed by atoms with Crippen molar-refractivity contribution in [2.45, 2.75) is 26.2 Å². The average molecular weight is 424 g/mol. The van der Waals surface area contributed by atoms with Crippen molar-refractivity contribution in [1.82, 2.24) is 9.97 Å². The van der Waals surface area contributed by atoms with E-state index in [0.717, 1.165) is 5.56 Å². The van der Waals surface area contributed by atoms with Gasteiger partial charge in [-0.15, -0.1) is 0 Å². The maximum atomic E-state index is 12.7. The van der Waals surface area contributed by atoms with Gasteiger partial charge in [0.1, 0.15) is 10.7 Å². The fourth-order valence-electron chi connectivity index (χ4n) is 2.18. The lowest BCUT2D eigenvalue weighted by atomic mass is 10.2. The van der Waals surface area contributed by atoms with Gasteiger partial charge in [-0.1, -0.05) is 23.7 Å². The van der Waals surface area contributed by atoms with E-state index in [-0.39, 0.29) is 25.3 Å². The Labute approximate surface area is 159 Å². The number of hydrogen-bond donors (Lipinski definition) is 1. The first-order valence-corrected chi connectivity index (χ1v) is 10.1. The standard InChI is InChI=1S/C16H18ClF3N3O3P/c1-3-25-27(24,26-4-2)10-11-5-7-12(8-6-11)22-15-21-9-13(14(17)23-15)16(18,19)20/h5-9H,3-4,10H2,1-2H3,(H,21,22,23). The van der Waals surface area contributed by atoms with E-state index in [9.17, 15) is 17.7 Å². The molecule has 0 amide bonds. The highest BCUT2D eigenvalue weighted by atomic mass is 35.5. The van der Waals surface area contributed by atoms with Crippen LogP contribution in [0.25, 0.3) is 0 Å². The molecule has 1 N–H and O–H groups in total. The molecular formula is C16H18ClF3N3O3P. The summed E-state index contributed by atoms with van der Waals surface area (Å²) in [5.41, 5.74) is 0.141. The Hall–Kier alpha value is -1.67. The molecule has 1 heterocycles. The fraction of sp³-hybridized carbons (Fsp3) is 0.375. The van der Waals surface area contributed by atoms with Crippen molar-refractivity contribution < 1.29 is 26.8 Å². The molecule has 2 rings (SSSR count). The molecule has 0 radical (unpaired) electrons. The van der Waals surface area contributed by atoms with Crippen molar-refractivity contribution >= 4 is 30.8 Å². The molecule has 2 aromatic rings. The van der Waals surface area contributed by atoms with Crippen molar-refractivity contribution in [3.05, 3.63) is 46.7 Å². The summed E-state index contributed by atoms with van der Waals surface area (Å²) in [6.07, 6.45) is -3.89. The number of rotatable bonds is 8. The van der Waals surface area contributed by atoms with Crippen LogP contribution in [0.2, 0.25) is 5.15 Å². The number of halogens is 4. The Morgan fingerprint density at radius 2 is 1.74 bits per heavy atom. The van der Waals surface area contributed by atoms with E-state index in [4.69, 9.17) is 20.6 Å². The van der Waals surface area contributed by atoms with Crippen LogP contribution in [0.3, 0.4) is 0 Å². The van der Waals surface area contributed by atoms with Crippen LogP contribution in [0.1, 0.15) is 25.0 Å². The highest BCUT2D eigenvalue weighted by molar-refractivity contribution is 7.53. The second-order valence-electron chi connectivity index (χ2n) is 5.32. The summed E-state index contributed by atoms with van der Waals surface area (Å²) >= 11 is 5.57. The molecule has 0 aliphatic carbocycles. The largest absolute Gasteiger partial charge is 0.420 e. The molecule has 6 nitrogen and oxygen atoms in total. The Morgan fingerprint density at radius 1 is 1.15 bits per heavy atom. The number of benzene rings is 1. The summed E-state index contributed by atoms with van der Waals surface area (Å²) in [6, 6.07) is 6.68. The SMILES string of the molecule is CCOP(=O)(Cc1ccc(Nc2ncc(C(F)(F)F)c(Cl)n2)cc1)OCC. The minimum Gasteiger partial charge on any atom is -0.324 e. The number of alkyl halides is 3. The first-order chi connectivity index (χ1) is 12.7. The van der Waals surface area contributed by atoms with Crippen LogP contribution >= 0.6 is 19.2 Å². The highest BCUT2D eigenvalue weighted by Crippen LogP contribution is 2.51. The lowest BCUT2D eigenvalue weighted by Gasteiger charge is -2.17. The molecule has 11 heteroatoms. The number of nitrogens with zero attached hydrogens (tertiary/aromatic N) is 2. The molecule has 0 fully saturated rings. The second kappa shape index (κ2) is 9.01. The van der Waals surface area contributed by atoms with Gasteiger partial charge in [0, 0.05) is 11.9 Å². The molecular weight excluding hydrogens is 406 g/mol. The van der Waals surface area contributed by atoms with Gasteiger partial charge in [0.05, 0.1) is 19.4 Å². The van der Waals surface area contributed by atoms with E-state index < -0.39 is 24.5 Å². The van der Waals surface area contributed by atoms with Crippen LogP contribution in [0.4, 0.5) is 24.8 Å². The molecule has 0 aliphatic rings. The minimum atomic E-state index is -4.62. The van der Waals surface area contributed by atoms with Crippen molar-refractivity contribution in [2.75, 3.05) is 18.5 Å². The molecule has 27 heavy (non-hydrogen) atoms. The van der Waals surface area contributed by atoms with Crippen LogP contribution in [-0.4, -0.2) is 23.2 Å². The van der Waals surface area contributed by atoms with Gasteiger partial charge in [-0.2, -0.15) is 13.2 Å². The van der Waals surface area contributed by atoms with E-state index in [1.54, 1.807) is 38.1 Å². The molecule has 1 aromatic heterocycles. The maximum Gasteiger partial charge on any atom is 0.420 e. The van der Waals surface area contributed by atoms with Gasteiger partial charge in [0.15, 0.2) is 0 Å². The molecule has 0 spiro atoms. The van der Waals surface area contributed by atoms with Crippen molar-refractivity contribution in [1.29, 1.82) is 0 Å². The zero-order valence-corrected chi connectivity index (χ0v) is 16.2. The molecule has 148 valence electrons. The van der Waals surface area contributed by atoms with E-state index in [0.29, 0.717) is 11.9 Å². The zero-order valence-electron chi connectivity index (χ0n) is 14.6. The quantitative estimate of drug-likeness (QED) is 0.436. The lowest BCUT2D eigenvalue weighted by molar-refractivity contribution is -0.137. The Morgan fingerprint density at radius 3 is 2.22 bits per heavy atom. The van der Waals surface area contributed by atoms with E-state index in [1.807, 2.05) is 0 Å². The predicted octanol–water partition coefficient (Wildman–Crippen LogP) is 5.66. The summed E-state index contributed by atoms with van der Waals surface area (Å²) in [4.78, 5) is 7.22. The molecule has 0 aliphatic heterocycles. The molecule has 0 saturated carbocycles. The van der Waals surface area contributed by atoms with Gasteiger partial charge in [-0.25, -0.2) is 9.97 Å². The number of anilines is 2. The summed E-state index contributed by atoms with van der Waals surface area (Å²) < 4.78 is 61.0. The molecule has 0 saturated heterocycles. The first-order valence-electron chi connectivity index (χ1n) is 8.00. The zero-order chi connectivity index (χ0) is 20.1. The van der Waals surface area contributed by atoms with Crippen LogP contribution in [0.5, 0.6) is 0 Å². The summed E-state index contributed by atoms with van der Waals surface area (Å²) in [6.45, 7) is 3.99. The van der Waals surface area contributed by atoms with Gasteiger partial charge in [0.25, 0.3) is 0 Å². The number of nitrogens with one attached hydrogen (secondary N) is 1. The maximum absolute atomic E-state index is 12.7. The lowest BCUT2D eigenvalue weighted by Crippen LogP contribution is -2.09. The Kier molecular flexibility index (Phi) is 7.22. The monoisotopic (exact) mass is 423 g/mol. The molecule has 1 aromatic carbocycles. The number of hydrogen-bond acceptors (Lipinski definition) is 6. The highest BCUT2D eigenvalue weighted by Gasteiger charge is 2.34. The van der Waals surface area contributed by atoms with Crippen LogP contribution in [-0.2, 0) is 26.0 Å². The third-order valence-electron chi connectivity index (χ3n) is 3.29. The van der Waals surface area contributed by atoms with Gasteiger partial charge in [0.2, 0.25) is 5.95 Å². The predicted molar refractivity (Wildman–Crippen MR) is 96.3 cm³/mol. The summed E-state index contributed by atoms with van der Waals surface area (Å²) in [7, 11) is -3.22. The Balaban J connectivity index is 2.10. The van der Waals surface area contributed by atoms with Crippen LogP contribution in [0, 0.1) is 0 Å². The minimum absolute atomic E-state index is 0.0740. The second-order valence-corrected chi connectivity index (χ2v) is 7.73. The number of aromatic nitrogens is 2. The Bertz CT molecular complexity index is 809. The summed E-state index contributed by atoms with van der Waals surface area (Å²) in [5, 5.41) is 2.07. The summed E-state index contributed by atoms with van der Waals surface area (Å²) in [5.74, 6) is -0.0740. The van der Waals surface area contributed by atoms with Gasteiger partial charge in [-0.3, -0.25) is 4.57 Å². The van der Waals surface area contributed by atoms with Crippen molar-refractivity contribution in [3.8, 4) is 0 Å². The van der Waals surface area contributed by atoms with E-state index in [2.05, 4.69) is 15.3 Å². The van der Waals surface area contributed by atoms with Crippen LogP contribution in [0.15, 0.2) is 30.5 Å². The van der Waals surface area contributed by atoms with E-state index >= 15 is 0 Å². The van der Waals surface area contributed by atoms with E-state index in [1.165, 1.54) is 0 Å². The van der Waals surface area contributed by atoms with Gasteiger partial charge >= 0.3 is 13.8 Å². The van der Waals surface area contributed by atoms with Gasteiger partial charge < -0.3 is 14.4 Å². The average Bonchev–Trinajstić information content (AvgIpc) is 2.56. The molecule has 0 unspecified atom stereocenters. The third kappa shape index (κ3) is 6.17. The topological polar surface area (TPSA) is 73.3 Å². The molecule has 0 bridgehead atoms. The first kappa shape index (κ1) is 21.6.